The van der Waals surface area contributed by atoms with Crippen LogP contribution in [0.25, 0.3) is 43.9 Å². The number of aromatic nitrogens is 1. The first-order chi connectivity index (χ1) is 14.6. The molecule has 0 N–H and O–H groups in total. The van der Waals surface area contributed by atoms with Gasteiger partial charge in [0.05, 0.1) is 5.56 Å². The van der Waals surface area contributed by atoms with E-state index >= 15 is 0 Å². The lowest BCUT2D eigenvalue weighted by Gasteiger charge is -2.02. The zero-order chi connectivity index (χ0) is 20.7. The number of para-hydroxylation sites is 1. The predicted molar refractivity (Wildman–Crippen MR) is 128 cm³/mol. The van der Waals surface area contributed by atoms with E-state index in [1.807, 2.05) is 24.3 Å². The van der Waals surface area contributed by atoms with Crippen molar-refractivity contribution in [3.63, 3.8) is 0 Å². The lowest BCUT2D eigenvalue weighted by atomic mass is 10.1. The van der Waals surface area contributed by atoms with Crippen LogP contribution in [-0.2, 0) is 7.05 Å². The molecule has 5 rings (SSSR count). The Bertz CT molecular complexity index is 1490. The van der Waals surface area contributed by atoms with Crippen molar-refractivity contribution in [1.82, 2.24) is 0 Å². The fourth-order valence-corrected chi connectivity index (χ4v) is 5.09. The molecule has 3 aromatic carbocycles. The smallest absolute Gasteiger partial charge is 0.336 e. The molecule has 0 fully saturated rings. The second kappa shape index (κ2) is 9.06. The Morgan fingerprint density at radius 3 is 2.52 bits per heavy atom. The van der Waals surface area contributed by atoms with Crippen LogP contribution in [-0.4, -0.2) is 0 Å². The summed E-state index contributed by atoms with van der Waals surface area (Å²) in [5, 5.41) is 2.12. The Kier molecular flexibility index (Phi) is 6.41. The van der Waals surface area contributed by atoms with E-state index in [-0.39, 0.29) is 29.6 Å². The lowest BCUT2D eigenvalue weighted by Crippen LogP contribution is -3.00. The fraction of sp³-hybridized carbons (Fsp3) is 0.0400. The van der Waals surface area contributed by atoms with E-state index in [2.05, 4.69) is 76.1 Å². The third-order valence-electron chi connectivity index (χ3n) is 5.09. The highest BCUT2D eigenvalue weighted by atomic mass is 127. The number of rotatable bonds is 3. The molecular formula is C25H17BrINO2S. The van der Waals surface area contributed by atoms with Gasteiger partial charge in [0.2, 0.25) is 5.52 Å². The first-order valence-corrected chi connectivity index (χ1v) is 11.1. The van der Waals surface area contributed by atoms with Gasteiger partial charge >= 0.3 is 5.63 Å². The Morgan fingerprint density at radius 2 is 1.74 bits per heavy atom. The van der Waals surface area contributed by atoms with Crippen molar-refractivity contribution in [2.45, 2.75) is 0 Å². The minimum Gasteiger partial charge on any atom is -1.00 e. The number of fused-ring (bicyclic) bond motifs is 2. The Hall–Kier alpha value is -2.29. The second-order valence-corrected chi connectivity index (χ2v) is 9.00. The van der Waals surface area contributed by atoms with E-state index < -0.39 is 0 Å². The van der Waals surface area contributed by atoms with Gasteiger partial charge < -0.3 is 28.4 Å². The molecule has 154 valence electrons. The van der Waals surface area contributed by atoms with Crippen molar-refractivity contribution < 1.29 is 33.0 Å². The molecule has 2 aromatic heterocycles. The van der Waals surface area contributed by atoms with Crippen molar-refractivity contribution in [3.05, 3.63) is 98.8 Å². The van der Waals surface area contributed by atoms with Crippen LogP contribution in [0, 0.1) is 0 Å². The molecule has 0 aliphatic heterocycles. The van der Waals surface area contributed by atoms with Crippen LogP contribution in [0.2, 0.25) is 0 Å². The maximum Gasteiger partial charge on any atom is 0.336 e. The lowest BCUT2D eigenvalue weighted by molar-refractivity contribution is -0.629. The Labute approximate surface area is 208 Å². The van der Waals surface area contributed by atoms with Crippen LogP contribution in [0.1, 0.15) is 11.1 Å². The minimum absolute atomic E-state index is 0. The van der Waals surface area contributed by atoms with Gasteiger partial charge in [0.1, 0.15) is 17.3 Å². The zero-order valence-electron chi connectivity index (χ0n) is 16.5. The molecule has 0 amide bonds. The molecule has 0 saturated carbocycles. The monoisotopic (exact) mass is 601 g/mol. The summed E-state index contributed by atoms with van der Waals surface area (Å²) >= 11 is 5.28. The number of hydrogen-bond acceptors (Lipinski definition) is 3. The summed E-state index contributed by atoms with van der Waals surface area (Å²) in [4.78, 5) is 11.9. The Balaban J connectivity index is 0.00000231. The van der Waals surface area contributed by atoms with Crippen LogP contribution in [0.5, 0.6) is 0 Å². The topological polar surface area (TPSA) is 34.1 Å². The summed E-state index contributed by atoms with van der Waals surface area (Å²) in [6.07, 6.45) is 3.98. The molecule has 0 bridgehead atoms. The van der Waals surface area contributed by atoms with E-state index in [4.69, 9.17) is 4.42 Å². The molecule has 6 heteroatoms. The molecule has 0 radical (unpaired) electrons. The normalized spacial score (nSPS) is 11.3. The minimum atomic E-state index is -0.350. The van der Waals surface area contributed by atoms with E-state index in [1.165, 1.54) is 26.9 Å². The zero-order valence-corrected chi connectivity index (χ0v) is 21.1. The van der Waals surface area contributed by atoms with Gasteiger partial charge in [0, 0.05) is 22.0 Å². The fourth-order valence-electron chi connectivity index (χ4n) is 3.58. The van der Waals surface area contributed by atoms with E-state index in [9.17, 15) is 4.79 Å². The van der Waals surface area contributed by atoms with Gasteiger partial charge in [-0.15, -0.1) is 0 Å². The summed E-state index contributed by atoms with van der Waals surface area (Å²) in [6, 6.07) is 24.1. The molecule has 5 aromatic rings. The van der Waals surface area contributed by atoms with Gasteiger partial charge in [-0.05, 0) is 47.5 Å². The number of thiazole rings is 1. The van der Waals surface area contributed by atoms with Gasteiger partial charge in [-0.25, -0.2) is 4.79 Å². The molecule has 2 heterocycles. The van der Waals surface area contributed by atoms with Gasteiger partial charge in [0.15, 0.2) is 0 Å². The van der Waals surface area contributed by atoms with Gasteiger partial charge in [0.25, 0.3) is 5.01 Å². The number of benzene rings is 3. The van der Waals surface area contributed by atoms with Crippen molar-refractivity contribution >= 4 is 60.6 Å². The summed E-state index contributed by atoms with van der Waals surface area (Å²) in [6.45, 7) is 0. The first-order valence-electron chi connectivity index (χ1n) is 9.48. The highest BCUT2D eigenvalue weighted by Crippen LogP contribution is 2.29. The summed E-state index contributed by atoms with van der Waals surface area (Å²) in [7, 11) is 2.10. The number of halogens is 2. The van der Waals surface area contributed by atoms with Crippen molar-refractivity contribution in [2.75, 3.05) is 0 Å². The van der Waals surface area contributed by atoms with Crippen LogP contribution in [0.15, 0.2) is 86.5 Å². The average molecular weight is 602 g/mol. The maximum atomic E-state index is 11.9. The number of nitrogens with zero attached hydrogens (tertiary/aromatic N) is 1. The molecule has 0 unspecified atom stereocenters. The molecule has 0 atom stereocenters. The summed E-state index contributed by atoms with van der Waals surface area (Å²) < 4.78 is 9.75. The number of aryl methyl sites for hydroxylation is 1. The van der Waals surface area contributed by atoms with E-state index in [0.717, 1.165) is 21.0 Å². The highest BCUT2D eigenvalue weighted by Gasteiger charge is 2.17. The van der Waals surface area contributed by atoms with Crippen molar-refractivity contribution in [1.29, 1.82) is 0 Å². The average Bonchev–Trinajstić information content (AvgIpc) is 3.09. The van der Waals surface area contributed by atoms with Crippen LogP contribution < -0.4 is 34.2 Å². The van der Waals surface area contributed by atoms with Gasteiger partial charge in [-0.3, -0.25) is 0 Å². The third kappa shape index (κ3) is 4.37. The quantitative estimate of drug-likeness (QED) is 0.180. The maximum absolute atomic E-state index is 11.9. The molecule has 31 heavy (non-hydrogen) atoms. The van der Waals surface area contributed by atoms with Crippen molar-refractivity contribution in [3.8, 4) is 10.6 Å². The molecule has 0 aliphatic rings. The van der Waals surface area contributed by atoms with Crippen LogP contribution in [0.4, 0.5) is 0 Å². The van der Waals surface area contributed by atoms with E-state index in [1.54, 1.807) is 17.4 Å². The van der Waals surface area contributed by atoms with Gasteiger partial charge in [-0.2, -0.15) is 4.57 Å². The second-order valence-electron chi connectivity index (χ2n) is 7.05. The van der Waals surface area contributed by atoms with Crippen LogP contribution in [0.3, 0.4) is 0 Å². The highest BCUT2D eigenvalue weighted by molar-refractivity contribution is 9.10. The van der Waals surface area contributed by atoms with E-state index in [0.29, 0.717) is 5.58 Å². The third-order valence-corrected chi connectivity index (χ3v) is 6.85. The Morgan fingerprint density at radius 1 is 0.968 bits per heavy atom. The molecular weight excluding hydrogens is 585 g/mol. The molecule has 3 nitrogen and oxygen atoms in total. The van der Waals surface area contributed by atoms with Crippen LogP contribution >= 0.6 is 27.3 Å². The predicted octanol–water partition coefficient (Wildman–Crippen LogP) is 3.44. The van der Waals surface area contributed by atoms with Gasteiger partial charge in [-0.1, -0.05) is 63.7 Å². The molecule has 0 saturated heterocycles. The molecule has 0 aliphatic carbocycles. The first kappa shape index (κ1) is 21.9. The largest absolute Gasteiger partial charge is 1.00 e. The van der Waals surface area contributed by atoms with Crippen molar-refractivity contribution in [2.24, 2.45) is 7.05 Å². The summed E-state index contributed by atoms with van der Waals surface area (Å²) in [5.74, 6) is 0. The summed E-state index contributed by atoms with van der Waals surface area (Å²) in [5.41, 5.74) is 4.56. The number of hydrogen-bond donors (Lipinski definition) is 0. The molecule has 0 spiro atoms. The SMILES string of the molecule is C[n+]1c(-c2ccc(/C=C/c3cc(=O)oc4ccc(Br)cc34)cc2)sc2ccccc21.[I-]. The standard InChI is InChI=1S/C25H17BrNO2S.HI/c1-27-21-4-2-3-5-23(21)30-25(27)17-9-6-16(7-10-17)8-11-18-14-24(28)29-22-13-12-19(26)15-20(18)22;/h2-15H,1H3;1H/q+1;/p-1/b11-8+;.